The maximum Gasteiger partial charge on any atom is 0.248 e. The highest BCUT2D eigenvalue weighted by molar-refractivity contribution is 7.97. The first-order chi connectivity index (χ1) is 15.2. The maximum absolute atomic E-state index is 13.7. The van der Waals surface area contributed by atoms with Crippen molar-refractivity contribution in [3.05, 3.63) is 54.4 Å². The van der Waals surface area contributed by atoms with Crippen LogP contribution in [-0.4, -0.2) is 46.0 Å². The van der Waals surface area contributed by atoms with Gasteiger partial charge >= 0.3 is 0 Å². The molecule has 0 radical (unpaired) electrons. The molecule has 0 saturated carbocycles. The summed E-state index contributed by atoms with van der Waals surface area (Å²) in [6.45, 7) is 1.53. The molecule has 3 heterocycles. The third-order valence-electron chi connectivity index (χ3n) is 5.53. The molecule has 4 aromatic rings. The zero-order chi connectivity index (χ0) is 21.2. The Hall–Kier alpha value is -2.42. The molecule has 8 heteroatoms. The Morgan fingerprint density at radius 3 is 2.77 bits per heavy atom. The van der Waals surface area contributed by atoms with Crippen molar-refractivity contribution in [1.29, 1.82) is 0 Å². The number of anilines is 1. The lowest BCUT2D eigenvalue weighted by Crippen LogP contribution is -2.39. The molecule has 2 aromatic heterocycles. The van der Waals surface area contributed by atoms with Crippen molar-refractivity contribution >= 4 is 55.4 Å². The van der Waals surface area contributed by atoms with Crippen LogP contribution in [0.4, 0.5) is 5.13 Å². The molecule has 2 aromatic carbocycles. The van der Waals surface area contributed by atoms with Gasteiger partial charge in [-0.3, -0.25) is 9.69 Å². The van der Waals surface area contributed by atoms with Crippen LogP contribution >= 0.6 is 23.1 Å². The number of nitrogens with zero attached hydrogens (tertiary/aromatic N) is 4. The van der Waals surface area contributed by atoms with Gasteiger partial charge in [0.25, 0.3) is 0 Å². The minimum Gasteiger partial charge on any atom is -0.376 e. The van der Waals surface area contributed by atoms with Gasteiger partial charge in [-0.15, -0.1) is 0 Å². The van der Waals surface area contributed by atoms with Crippen molar-refractivity contribution in [2.75, 3.05) is 24.3 Å². The fourth-order valence-electron chi connectivity index (χ4n) is 4.02. The molecule has 6 nitrogen and oxygen atoms in total. The fourth-order valence-corrected chi connectivity index (χ4v) is 5.49. The second-order valence-electron chi connectivity index (χ2n) is 7.64. The van der Waals surface area contributed by atoms with Crippen molar-refractivity contribution in [2.24, 2.45) is 0 Å². The van der Waals surface area contributed by atoms with E-state index in [-0.39, 0.29) is 18.6 Å². The number of amides is 1. The average molecular weight is 453 g/mol. The summed E-state index contributed by atoms with van der Waals surface area (Å²) >= 11 is 3.26. The Labute approximate surface area is 189 Å². The van der Waals surface area contributed by atoms with Crippen LogP contribution in [0.15, 0.2) is 48.5 Å². The number of aromatic nitrogens is 3. The summed E-state index contributed by atoms with van der Waals surface area (Å²) in [5, 5.41) is 0.734. The Balaban J connectivity index is 1.50. The summed E-state index contributed by atoms with van der Waals surface area (Å²) in [5.41, 5.74) is 2.83. The van der Waals surface area contributed by atoms with Crippen LogP contribution in [0.2, 0.25) is 0 Å². The molecule has 1 fully saturated rings. The average Bonchev–Trinajstić information content (AvgIpc) is 3.51. The number of hydrogen-bond donors (Lipinski definition) is 0. The highest BCUT2D eigenvalue weighted by atomic mass is 32.2. The van der Waals surface area contributed by atoms with Crippen molar-refractivity contribution in [3.63, 3.8) is 0 Å². The van der Waals surface area contributed by atoms with Crippen molar-refractivity contribution < 1.29 is 9.53 Å². The number of benzene rings is 2. The number of fused-ring (bicyclic) bond motifs is 2. The lowest BCUT2D eigenvalue weighted by Gasteiger charge is -2.23. The SMILES string of the molecule is CSCc1nc2ccccc2n1CC(=O)N(CC1CCCO1)c1nc2ccccc2s1. The number of imidazole rings is 1. The van der Waals surface area contributed by atoms with E-state index in [0.29, 0.717) is 6.54 Å². The van der Waals surface area contributed by atoms with Gasteiger partial charge in [-0.25, -0.2) is 9.97 Å². The molecule has 0 aliphatic carbocycles. The van der Waals surface area contributed by atoms with Gasteiger partial charge in [-0.05, 0) is 43.4 Å². The Bertz CT molecular complexity index is 1180. The highest BCUT2D eigenvalue weighted by Gasteiger charge is 2.27. The third-order valence-corrected chi connectivity index (χ3v) is 7.13. The fraction of sp³-hybridized carbons (Fsp3) is 0.348. The van der Waals surface area contributed by atoms with Gasteiger partial charge < -0.3 is 9.30 Å². The molecule has 0 bridgehead atoms. The monoisotopic (exact) mass is 452 g/mol. The van der Waals surface area contributed by atoms with Crippen molar-refractivity contribution in [3.8, 4) is 0 Å². The van der Waals surface area contributed by atoms with Gasteiger partial charge in [0.2, 0.25) is 5.91 Å². The van der Waals surface area contributed by atoms with Crippen LogP contribution in [0.25, 0.3) is 21.3 Å². The smallest absolute Gasteiger partial charge is 0.248 e. The van der Waals surface area contributed by atoms with Gasteiger partial charge in [0.15, 0.2) is 5.13 Å². The predicted octanol–water partition coefficient (Wildman–Crippen LogP) is 4.72. The quantitative estimate of drug-likeness (QED) is 0.406. The zero-order valence-corrected chi connectivity index (χ0v) is 19.0. The molecule has 1 atom stereocenters. The van der Waals surface area contributed by atoms with Crippen LogP contribution in [0.1, 0.15) is 18.7 Å². The molecular formula is C23H24N4O2S2. The number of carbonyl (C=O) groups excluding carboxylic acids is 1. The van der Waals surface area contributed by atoms with Gasteiger partial charge in [0, 0.05) is 6.61 Å². The summed E-state index contributed by atoms with van der Waals surface area (Å²) < 4.78 is 8.99. The van der Waals surface area contributed by atoms with Gasteiger partial charge in [-0.1, -0.05) is 35.6 Å². The molecule has 5 rings (SSSR count). The third kappa shape index (κ3) is 4.20. The van der Waals surface area contributed by atoms with Crippen LogP contribution < -0.4 is 4.90 Å². The first-order valence-electron chi connectivity index (χ1n) is 10.4. The van der Waals surface area contributed by atoms with Crippen LogP contribution in [-0.2, 0) is 21.8 Å². The number of carbonyl (C=O) groups is 1. The Kier molecular flexibility index (Phi) is 5.93. The molecule has 0 N–H and O–H groups in total. The molecule has 1 aliphatic rings. The lowest BCUT2D eigenvalue weighted by atomic mass is 10.2. The number of hydrogen-bond acceptors (Lipinski definition) is 6. The number of rotatable bonds is 7. The van der Waals surface area contributed by atoms with Crippen LogP contribution in [0.5, 0.6) is 0 Å². The highest BCUT2D eigenvalue weighted by Crippen LogP contribution is 2.30. The molecule has 1 unspecified atom stereocenters. The topological polar surface area (TPSA) is 60.2 Å². The molecular weight excluding hydrogens is 428 g/mol. The summed E-state index contributed by atoms with van der Waals surface area (Å²) in [4.78, 5) is 25.0. The Morgan fingerprint density at radius 1 is 1.19 bits per heavy atom. The maximum atomic E-state index is 13.7. The van der Waals surface area contributed by atoms with E-state index in [2.05, 4.69) is 6.26 Å². The van der Waals surface area contributed by atoms with Gasteiger partial charge in [0.05, 0.1) is 39.7 Å². The van der Waals surface area contributed by atoms with Crippen molar-refractivity contribution in [1.82, 2.24) is 14.5 Å². The number of ether oxygens (including phenoxy) is 1. The largest absolute Gasteiger partial charge is 0.376 e. The molecule has 0 spiro atoms. The summed E-state index contributed by atoms with van der Waals surface area (Å²) in [6.07, 6.45) is 4.12. The molecule has 1 amide bonds. The lowest BCUT2D eigenvalue weighted by molar-refractivity contribution is -0.119. The van der Waals surface area contributed by atoms with E-state index in [0.717, 1.165) is 57.4 Å². The van der Waals surface area contributed by atoms with E-state index in [9.17, 15) is 4.79 Å². The van der Waals surface area contributed by atoms with Gasteiger partial charge in [-0.2, -0.15) is 11.8 Å². The van der Waals surface area contributed by atoms with Gasteiger partial charge in [0.1, 0.15) is 12.4 Å². The van der Waals surface area contributed by atoms with Crippen LogP contribution in [0, 0.1) is 0 Å². The summed E-state index contributed by atoms with van der Waals surface area (Å²) in [6, 6.07) is 16.0. The standard InChI is InChI=1S/C23H24N4O2S2/c1-30-15-21-24-17-8-2-4-10-19(17)26(21)14-22(28)27(13-16-7-6-12-29-16)23-25-18-9-3-5-11-20(18)31-23/h2-5,8-11,16H,6-7,12-15H2,1H3. The molecule has 31 heavy (non-hydrogen) atoms. The first-order valence-corrected chi connectivity index (χ1v) is 12.6. The number of thiazole rings is 1. The zero-order valence-electron chi connectivity index (χ0n) is 17.4. The van der Waals surface area contributed by atoms with E-state index in [1.54, 1.807) is 23.1 Å². The molecule has 1 saturated heterocycles. The second-order valence-corrected chi connectivity index (χ2v) is 9.51. The van der Waals surface area contributed by atoms with E-state index < -0.39 is 0 Å². The minimum absolute atomic E-state index is 0.0139. The molecule has 1 aliphatic heterocycles. The van der Waals surface area contributed by atoms with E-state index in [1.165, 1.54) is 0 Å². The Morgan fingerprint density at radius 2 is 2.00 bits per heavy atom. The summed E-state index contributed by atoms with van der Waals surface area (Å²) in [5.74, 6) is 1.69. The van der Waals surface area contributed by atoms with Crippen LogP contribution in [0.3, 0.4) is 0 Å². The van der Waals surface area contributed by atoms with E-state index in [1.807, 2.05) is 58.0 Å². The normalized spacial score (nSPS) is 16.4. The van der Waals surface area contributed by atoms with E-state index >= 15 is 0 Å². The number of para-hydroxylation sites is 3. The number of thioether (sulfide) groups is 1. The molecule has 160 valence electrons. The predicted molar refractivity (Wildman–Crippen MR) is 128 cm³/mol. The van der Waals surface area contributed by atoms with Crippen molar-refractivity contribution in [2.45, 2.75) is 31.2 Å². The van der Waals surface area contributed by atoms with E-state index in [4.69, 9.17) is 14.7 Å². The second kappa shape index (κ2) is 8.98. The summed E-state index contributed by atoms with van der Waals surface area (Å²) in [7, 11) is 0. The minimum atomic E-state index is 0.0139. The first kappa shape index (κ1) is 20.5.